The molecule has 0 radical (unpaired) electrons. The fourth-order valence-corrected chi connectivity index (χ4v) is 1.83. The first-order chi connectivity index (χ1) is 9.04. The molecule has 0 spiro atoms. The van der Waals surface area contributed by atoms with Crippen LogP contribution in [0.15, 0.2) is 18.2 Å². The standard InChI is InChI=1S/C14H20N2O2S/c1-10-6-7-11(9-12(10)18-2)14(17)16-8-4-3-5-13(15)19/h6-7,9H,3-5,8H2,1-2H3,(H2,15,19)(H,16,17). The van der Waals surface area contributed by atoms with E-state index in [4.69, 9.17) is 22.7 Å². The number of hydrogen-bond acceptors (Lipinski definition) is 3. The van der Waals surface area contributed by atoms with Gasteiger partial charge < -0.3 is 15.8 Å². The number of thiocarbonyl (C=S) groups is 1. The Labute approximate surface area is 119 Å². The molecular weight excluding hydrogens is 260 g/mol. The van der Waals surface area contributed by atoms with Gasteiger partial charge in [0.05, 0.1) is 12.1 Å². The first kappa shape index (κ1) is 15.4. The van der Waals surface area contributed by atoms with Gasteiger partial charge in [0.2, 0.25) is 0 Å². The van der Waals surface area contributed by atoms with Gasteiger partial charge >= 0.3 is 0 Å². The minimum absolute atomic E-state index is 0.0892. The monoisotopic (exact) mass is 280 g/mol. The van der Waals surface area contributed by atoms with Gasteiger partial charge in [0.15, 0.2) is 0 Å². The highest BCUT2D eigenvalue weighted by atomic mass is 32.1. The quantitative estimate of drug-likeness (QED) is 0.593. The molecule has 0 aromatic heterocycles. The average molecular weight is 280 g/mol. The van der Waals surface area contributed by atoms with E-state index in [0.717, 1.165) is 30.6 Å². The summed E-state index contributed by atoms with van der Waals surface area (Å²) >= 11 is 4.79. The highest BCUT2D eigenvalue weighted by molar-refractivity contribution is 7.80. The van der Waals surface area contributed by atoms with Crippen molar-refractivity contribution < 1.29 is 9.53 Å². The van der Waals surface area contributed by atoms with Crippen molar-refractivity contribution in [1.29, 1.82) is 0 Å². The number of carbonyl (C=O) groups excluding carboxylic acids is 1. The van der Waals surface area contributed by atoms with Crippen molar-refractivity contribution in [1.82, 2.24) is 5.32 Å². The Balaban J connectivity index is 2.43. The molecule has 1 aromatic carbocycles. The lowest BCUT2D eigenvalue weighted by Crippen LogP contribution is -2.24. The number of carbonyl (C=O) groups is 1. The Morgan fingerprint density at radius 2 is 2.16 bits per heavy atom. The summed E-state index contributed by atoms with van der Waals surface area (Å²) < 4.78 is 5.20. The third kappa shape index (κ3) is 5.26. The van der Waals surface area contributed by atoms with Gasteiger partial charge in [0.1, 0.15) is 5.75 Å². The second-order valence-electron chi connectivity index (χ2n) is 4.36. The molecule has 0 saturated carbocycles. The number of hydrogen-bond donors (Lipinski definition) is 2. The Morgan fingerprint density at radius 3 is 2.79 bits per heavy atom. The first-order valence-electron chi connectivity index (χ1n) is 6.25. The molecule has 5 heteroatoms. The topological polar surface area (TPSA) is 64.3 Å². The number of ether oxygens (including phenoxy) is 1. The third-order valence-electron chi connectivity index (χ3n) is 2.81. The van der Waals surface area contributed by atoms with Gasteiger partial charge in [-0.15, -0.1) is 0 Å². The van der Waals surface area contributed by atoms with Gasteiger partial charge in [-0.1, -0.05) is 18.3 Å². The normalized spacial score (nSPS) is 10.0. The van der Waals surface area contributed by atoms with Crippen LogP contribution in [0.4, 0.5) is 0 Å². The number of unbranched alkanes of at least 4 members (excludes halogenated alkanes) is 1. The molecule has 4 nitrogen and oxygen atoms in total. The maximum absolute atomic E-state index is 11.9. The second-order valence-corrected chi connectivity index (χ2v) is 4.89. The van der Waals surface area contributed by atoms with Crippen LogP contribution in [-0.2, 0) is 0 Å². The lowest BCUT2D eigenvalue weighted by atomic mass is 10.1. The van der Waals surface area contributed by atoms with Gasteiger partial charge in [-0.2, -0.15) is 0 Å². The largest absolute Gasteiger partial charge is 0.496 e. The summed E-state index contributed by atoms with van der Waals surface area (Å²) in [6.07, 6.45) is 2.49. The predicted molar refractivity (Wildman–Crippen MR) is 80.7 cm³/mol. The molecule has 104 valence electrons. The van der Waals surface area contributed by atoms with E-state index < -0.39 is 0 Å². The van der Waals surface area contributed by atoms with Crippen molar-refractivity contribution in [3.8, 4) is 5.75 Å². The summed E-state index contributed by atoms with van der Waals surface area (Å²) in [5.41, 5.74) is 7.02. The SMILES string of the molecule is COc1cc(C(=O)NCCCCC(N)=S)ccc1C. The van der Waals surface area contributed by atoms with Gasteiger partial charge in [-0.3, -0.25) is 4.79 Å². The maximum atomic E-state index is 11.9. The number of aryl methyl sites for hydroxylation is 1. The molecule has 3 N–H and O–H groups in total. The lowest BCUT2D eigenvalue weighted by Gasteiger charge is -2.08. The zero-order valence-corrected chi connectivity index (χ0v) is 12.2. The van der Waals surface area contributed by atoms with Crippen LogP contribution in [0, 0.1) is 6.92 Å². The van der Waals surface area contributed by atoms with Crippen molar-refractivity contribution in [3.63, 3.8) is 0 Å². The minimum atomic E-state index is -0.0892. The Bertz CT molecular complexity index is 461. The Morgan fingerprint density at radius 1 is 1.42 bits per heavy atom. The highest BCUT2D eigenvalue weighted by Crippen LogP contribution is 2.18. The molecule has 0 aliphatic rings. The van der Waals surface area contributed by atoms with Crippen LogP contribution in [0.1, 0.15) is 35.2 Å². The van der Waals surface area contributed by atoms with Crippen molar-refractivity contribution >= 4 is 23.1 Å². The van der Waals surface area contributed by atoms with Crippen LogP contribution >= 0.6 is 12.2 Å². The summed E-state index contributed by atoms with van der Waals surface area (Å²) in [4.78, 5) is 12.4. The van der Waals surface area contributed by atoms with Crippen molar-refractivity contribution in [2.75, 3.05) is 13.7 Å². The molecule has 19 heavy (non-hydrogen) atoms. The van der Waals surface area contributed by atoms with Crippen molar-refractivity contribution in [2.24, 2.45) is 5.73 Å². The van der Waals surface area contributed by atoms with Crippen molar-refractivity contribution in [2.45, 2.75) is 26.2 Å². The molecule has 0 unspecified atom stereocenters. The number of amides is 1. The van der Waals surface area contributed by atoms with E-state index in [1.807, 2.05) is 13.0 Å². The van der Waals surface area contributed by atoms with Crippen LogP contribution in [0.25, 0.3) is 0 Å². The number of rotatable bonds is 7. The second kappa shape index (κ2) is 7.74. The fourth-order valence-electron chi connectivity index (χ4n) is 1.69. The van der Waals surface area contributed by atoms with E-state index in [2.05, 4.69) is 5.32 Å². The van der Waals surface area contributed by atoms with E-state index in [-0.39, 0.29) is 5.91 Å². The van der Waals surface area contributed by atoms with E-state index >= 15 is 0 Å². The maximum Gasteiger partial charge on any atom is 0.251 e. The Hall–Kier alpha value is -1.62. The van der Waals surface area contributed by atoms with Crippen LogP contribution in [-0.4, -0.2) is 24.6 Å². The van der Waals surface area contributed by atoms with Gasteiger partial charge in [-0.05, 0) is 43.9 Å². The third-order valence-corrected chi connectivity index (χ3v) is 3.01. The molecule has 0 aliphatic heterocycles. The molecule has 1 rings (SSSR count). The summed E-state index contributed by atoms with van der Waals surface area (Å²) in [6.45, 7) is 2.56. The predicted octanol–water partition coefficient (Wildman–Crippen LogP) is 2.19. The Kier molecular flexibility index (Phi) is 6.29. The lowest BCUT2D eigenvalue weighted by molar-refractivity contribution is 0.0952. The molecule has 0 heterocycles. The number of nitrogens with one attached hydrogen (secondary N) is 1. The highest BCUT2D eigenvalue weighted by Gasteiger charge is 2.07. The van der Waals surface area contributed by atoms with E-state index in [1.54, 1.807) is 19.2 Å². The van der Waals surface area contributed by atoms with Crippen LogP contribution in [0.2, 0.25) is 0 Å². The minimum Gasteiger partial charge on any atom is -0.496 e. The molecule has 0 aliphatic carbocycles. The average Bonchev–Trinajstić information content (AvgIpc) is 2.38. The first-order valence-corrected chi connectivity index (χ1v) is 6.66. The van der Waals surface area contributed by atoms with Crippen molar-refractivity contribution in [3.05, 3.63) is 29.3 Å². The number of benzene rings is 1. The summed E-state index contributed by atoms with van der Waals surface area (Å²) in [5.74, 6) is 0.634. The van der Waals surface area contributed by atoms with Crippen LogP contribution in [0.3, 0.4) is 0 Å². The molecule has 1 amide bonds. The molecular formula is C14H20N2O2S. The number of methoxy groups -OCH3 is 1. The fraction of sp³-hybridized carbons (Fsp3) is 0.429. The molecule has 1 aromatic rings. The van der Waals surface area contributed by atoms with Crippen LogP contribution < -0.4 is 15.8 Å². The van der Waals surface area contributed by atoms with E-state index in [0.29, 0.717) is 17.1 Å². The zero-order valence-electron chi connectivity index (χ0n) is 11.4. The number of nitrogens with two attached hydrogens (primary N) is 1. The zero-order chi connectivity index (χ0) is 14.3. The molecule has 0 fully saturated rings. The molecule has 0 bridgehead atoms. The van der Waals surface area contributed by atoms with E-state index in [9.17, 15) is 4.79 Å². The van der Waals surface area contributed by atoms with Crippen LogP contribution in [0.5, 0.6) is 5.75 Å². The van der Waals surface area contributed by atoms with Gasteiger partial charge in [0.25, 0.3) is 5.91 Å². The van der Waals surface area contributed by atoms with Gasteiger partial charge in [-0.25, -0.2) is 0 Å². The smallest absolute Gasteiger partial charge is 0.251 e. The molecule has 0 saturated heterocycles. The van der Waals surface area contributed by atoms with E-state index in [1.165, 1.54) is 0 Å². The summed E-state index contributed by atoms with van der Waals surface area (Å²) in [6, 6.07) is 5.42. The molecule has 0 atom stereocenters. The summed E-state index contributed by atoms with van der Waals surface area (Å²) in [7, 11) is 1.60. The van der Waals surface area contributed by atoms with Gasteiger partial charge in [0, 0.05) is 12.1 Å². The summed E-state index contributed by atoms with van der Waals surface area (Å²) in [5, 5.41) is 2.86.